The minimum atomic E-state index is -3.85. The van der Waals surface area contributed by atoms with Crippen molar-refractivity contribution in [1.29, 1.82) is 0 Å². The molecule has 0 aromatic heterocycles. The van der Waals surface area contributed by atoms with Crippen molar-refractivity contribution in [1.82, 2.24) is 0 Å². The van der Waals surface area contributed by atoms with Crippen LogP contribution >= 0.6 is 0 Å². The van der Waals surface area contributed by atoms with Gasteiger partial charge in [0, 0.05) is 0 Å². The van der Waals surface area contributed by atoms with Gasteiger partial charge in [-0.1, -0.05) is 35.4 Å². The summed E-state index contributed by atoms with van der Waals surface area (Å²) in [6.45, 7) is 3.88. The van der Waals surface area contributed by atoms with Crippen LogP contribution in [0.4, 0.5) is 0 Å². The van der Waals surface area contributed by atoms with Crippen LogP contribution in [-0.2, 0) is 28.6 Å². The Balaban J connectivity index is 1.43. The van der Waals surface area contributed by atoms with Crippen LogP contribution < -0.4 is 0 Å². The van der Waals surface area contributed by atoms with E-state index in [0.29, 0.717) is 11.8 Å². The molecule has 2 fully saturated rings. The molecule has 0 spiro atoms. The summed E-state index contributed by atoms with van der Waals surface area (Å²) < 4.78 is 61.2. The smallest absolute Gasteiger partial charge is 0.266 e. The number of rotatable bonds is 8. The maximum atomic E-state index is 12.6. The summed E-state index contributed by atoms with van der Waals surface area (Å²) in [5.41, 5.74) is 1.94. The van der Waals surface area contributed by atoms with Gasteiger partial charge in [0.05, 0.1) is 23.0 Å². The zero-order chi connectivity index (χ0) is 22.2. The maximum Gasteiger partial charge on any atom is 0.296 e. The van der Waals surface area contributed by atoms with Crippen molar-refractivity contribution in [3.05, 3.63) is 59.7 Å². The van der Waals surface area contributed by atoms with Crippen molar-refractivity contribution in [2.75, 3.05) is 13.2 Å². The van der Waals surface area contributed by atoms with Gasteiger partial charge in [-0.25, -0.2) is 0 Å². The molecule has 31 heavy (non-hydrogen) atoms. The van der Waals surface area contributed by atoms with Crippen molar-refractivity contribution in [3.8, 4) is 0 Å². The normalized spacial score (nSPS) is 25.7. The van der Waals surface area contributed by atoms with Crippen LogP contribution in [0.25, 0.3) is 0 Å². The molecule has 0 radical (unpaired) electrons. The molecule has 2 saturated carbocycles. The highest BCUT2D eigenvalue weighted by Gasteiger charge is 2.48. The third-order valence-corrected chi connectivity index (χ3v) is 9.32. The van der Waals surface area contributed by atoms with Crippen LogP contribution in [0.1, 0.15) is 30.4 Å². The molecular formula is C23H28O6S2. The summed E-state index contributed by atoms with van der Waals surface area (Å²) in [6.07, 6.45) is 3.01. The Kier molecular flexibility index (Phi) is 6.27. The Morgan fingerprint density at radius 3 is 1.39 bits per heavy atom. The SMILES string of the molecule is Cc1ccc(S(=O)(=O)OC[C@@H]2C3CCC(C3)[C@H]2COS(=O)(=O)c2ccc(C)cc2)cc1. The van der Waals surface area contributed by atoms with Crippen molar-refractivity contribution >= 4 is 20.2 Å². The fourth-order valence-electron chi connectivity index (χ4n) is 4.93. The average molecular weight is 465 g/mol. The summed E-state index contributed by atoms with van der Waals surface area (Å²) in [7, 11) is -7.71. The first kappa shape index (κ1) is 22.5. The Hall–Kier alpha value is -1.74. The van der Waals surface area contributed by atoms with Crippen LogP contribution in [0.15, 0.2) is 58.3 Å². The molecule has 2 aromatic carbocycles. The molecule has 2 unspecified atom stereocenters. The van der Waals surface area contributed by atoms with E-state index in [2.05, 4.69) is 0 Å². The van der Waals surface area contributed by atoms with E-state index in [1.165, 1.54) is 0 Å². The molecule has 4 atom stereocenters. The van der Waals surface area contributed by atoms with Crippen LogP contribution in [0, 0.1) is 37.5 Å². The molecule has 0 amide bonds. The van der Waals surface area contributed by atoms with Crippen molar-refractivity contribution in [2.24, 2.45) is 23.7 Å². The van der Waals surface area contributed by atoms with E-state index in [9.17, 15) is 16.8 Å². The summed E-state index contributed by atoms with van der Waals surface area (Å²) in [5, 5.41) is 0. The highest BCUT2D eigenvalue weighted by molar-refractivity contribution is 7.87. The number of aryl methyl sites for hydroxylation is 2. The van der Waals surface area contributed by atoms with E-state index < -0.39 is 20.2 Å². The van der Waals surface area contributed by atoms with Gasteiger partial charge in [0.25, 0.3) is 20.2 Å². The Bertz CT molecular complexity index is 1030. The third kappa shape index (κ3) is 4.87. The highest BCUT2D eigenvalue weighted by Crippen LogP contribution is 2.52. The predicted molar refractivity (Wildman–Crippen MR) is 116 cm³/mol. The third-order valence-electron chi connectivity index (χ3n) is 6.73. The van der Waals surface area contributed by atoms with Crippen molar-refractivity contribution in [2.45, 2.75) is 42.9 Å². The molecule has 0 saturated heterocycles. The summed E-state index contributed by atoms with van der Waals surface area (Å²) in [5.74, 6) is 0.613. The molecule has 8 heteroatoms. The number of fused-ring (bicyclic) bond motifs is 2. The van der Waals surface area contributed by atoms with Crippen LogP contribution in [0.3, 0.4) is 0 Å². The molecular weight excluding hydrogens is 436 g/mol. The van der Waals surface area contributed by atoms with E-state index in [1.807, 2.05) is 13.8 Å². The number of benzene rings is 2. The van der Waals surface area contributed by atoms with E-state index in [4.69, 9.17) is 8.37 Å². The van der Waals surface area contributed by atoms with Gasteiger partial charge in [-0.3, -0.25) is 8.37 Å². The lowest BCUT2D eigenvalue weighted by Crippen LogP contribution is -2.31. The molecule has 0 heterocycles. The van der Waals surface area contributed by atoms with Gasteiger partial charge in [-0.05, 0) is 81.0 Å². The van der Waals surface area contributed by atoms with E-state index in [1.54, 1.807) is 48.5 Å². The summed E-state index contributed by atoms with van der Waals surface area (Å²) >= 11 is 0. The first-order valence-electron chi connectivity index (χ1n) is 10.6. The van der Waals surface area contributed by atoms with Gasteiger partial charge in [-0.15, -0.1) is 0 Å². The lowest BCUT2D eigenvalue weighted by Gasteiger charge is -2.30. The van der Waals surface area contributed by atoms with E-state index in [0.717, 1.165) is 30.4 Å². The molecule has 0 N–H and O–H groups in total. The molecule has 6 nitrogen and oxygen atoms in total. The Labute approximate surface area is 184 Å². The second-order valence-electron chi connectivity index (χ2n) is 8.76. The minimum Gasteiger partial charge on any atom is -0.266 e. The first-order valence-corrected chi connectivity index (χ1v) is 13.4. The molecule has 2 bridgehead atoms. The van der Waals surface area contributed by atoms with Crippen molar-refractivity contribution < 1.29 is 25.2 Å². The quantitative estimate of drug-likeness (QED) is 0.547. The molecule has 168 valence electrons. The summed E-state index contributed by atoms with van der Waals surface area (Å²) in [6, 6.07) is 13.1. The zero-order valence-electron chi connectivity index (χ0n) is 17.7. The minimum absolute atomic E-state index is 0.0350. The fraction of sp³-hybridized carbons (Fsp3) is 0.478. The average Bonchev–Trinajstić information content (AvgIpc) is 3.33. The maximum absolute atomic E-state index is 12.6. The van der Waals surface area contributed by atoms with Gasteiger partial charge in [0.15, 0.2) is 0 Å². The second-order valence-corrected chi connectivity index (χ2v) is 12.0. The van der Waals surface area contributed by atoms with E-state index >= 15 is 0 Å². The van der Waals surface area contributed by atoms with Crippen LogP contribution in [-0.4, -0.2) is 30.0 Å². The van der Waals surface area contributed by atoms with Gasteiger partial charge in [0.1, 0.15) is 0 Å². The summed E-state index contributed by atoms with van der Waals surface area (Å²) in [4.78, 5) is 0.270. The Morgan fingerprint density at radius 1 is 0.677 bits per heavy atom. The van der Waals surface area contributed by atoms with Crippen LogP contribution in [0.5, 0.6) is 0 Å². The number of hydrogen-bond acceptors (Lipinski definition) is 6. The lowest BCUT2D eigenvalue weighted by molar-refractivity contribution is 0.101. The monoisotopic (exact) mass is 464 g/mol. The molecule has 2 aromatic rings. The predicted octanol–water partition coefficient (Wildman–Crippen LogP) is 4.08. The van der Waals surface area contributed by atoms with Crippen molar-refractivity contribution in [3.63, 3.8) is 0 Å². The van der Waals surface area contributed by atoms with Gasteiger partial charge in [0.2, 0.25) is 0 Å². The molecule has 4 rings (SSSR count). The lowest BCUT2D eigenvalue weighted by atomic mass is 9.80. The fourth-order valence-corrected chi connectivity index (χ4v) is 6.81. The first-order chi connectivity index (χ1) is 14.7. The molecule has 2 aliphatic carbocycles. The Morgan fingerprint density at radius 2 is 1.03 bits per heavy atom. The zero-order valence-corrected chi connectivity index (χ0v) is 19.4. The largest absolute Gasteiger partial charge is 0.296 e. The van der Waals surface area contributed by atoms with Gasteiger partial charge < -0.3 is 0 Å². The highest BCUT2D eigenvalue weighted by atomic mass is 32.2. The topological polar surface area (TPSA) is 86.7 Å². The molecule has 2 aliphatic rings. The second kappa shape index (κ2) is 8.65. The van der Waals surface area contributed by atoms with Crippen LogP contribution in [0.2, 0.25) is 0 Å². The van der Waals surface area contributed by atoms with Gasteiger partial charge in [-0.2, -0.15) is 16.8 Å². The standard InChI is InChI=1S/C23H28O6S2/c1-16-3-9-20(10-4-16)30(24,25)28-14-22-18-7-8-19(13-18)23(22)15-29-31(26,27)21-11-5-17(2)6-12-21/h3-6,9-12,18-19,22-23H,7-8,13-15H2,1-2H3/t18?,19?,22-,23-/m1/s1. The molecule has 0 aliphatic heterocycles. The van der Waals surface area contributed by atoms with E-state index in [-0.39, 0.29) is 34.8 Å². The van der Waals surface area contributed by atoms with Gasteiger partial charge >= 0.3 is 0 Å². The number of hydrogen-bond donors (Lipinski definition) is 0.